The van der Waals surface area contributed by atoms with Crippen molar-refractivity contribution in [1.29, 1.82) is 0 Å². The molecule has 0 fully saturated rings. The van der Waals surface area contributed by atoms with Crippen LogP contribution in [0, 0.1) is 0 Å². The molecule has 0 bridgehead atoms. The molecule has 0 aliphatic carbocycles. The van der Waals surface area contributed by atoms with Crippen molar-refractivity contribution in [1.82, 2.24) is 0 Å². The largest absolute Gasteiger partial charge is 0.489 e. The van der Waals surface area contributed by atoms with E-state index < -0.39 is 5.97 Å². The van der Waals surface area contributed by atoms with Crippen LogP contribution in [0.1, 0.15) is 36.2 Å². The van der Waals surface area contributed by atoms with Crippen LogP contribution in [-0.2, 0) is 0 Å². The van der Waals surface area contributed by atoms with E-state index in [0.717, 1.165) is 12.0 Å². The van der Waals surface area contributed by atoms with E-state index in [0.29, 0.717) is 21.5 Å². The van der Waals surface area contributed by atoms with Crippen molar-refractivity contribution < 1.29 is 14.6 Å². The molecule has 0 amide bonds. The first-order valence-electron chi connectivity index (χ1n) is 7.43. The summed E-state index contributed by atoms with van der Waals surface area (Å²) in [7, 11) is 0. The summed E-state index contributed by atoms with van der Waals surface area (Å²) in [6.45, 7) is 4.01. The predicted octanol–water partition coefficient (Wildman–Crippen LogP) is 5.62. The van der Waals surface area contributed by atoms with E-state index in [1.165, 1.54) is 18.2 Å². The van der Waals surface area contributed by atoms with Gasteiger partial charge in [-0.25, -0.2) is 4.79 Å². The maximum atomic E-state index is 11.0. The third-order valence-electron chi connectivity index (χ3n) is 3.40. The fraction of sp³-hybridized carbons (Fsp3) is 0.222. The van der Waals surface area contributed by atoms with Gasteiger partial charge in [0.25, 0.3) is 0 Å². The van der Waals surface area contributed by atoms with Crippen LogP contribution in [0.15, 0.2) is 41.4 Å². The third kappa shape index (κ3) is 4.73. The number of hydrogen-bond donors (Lipinski definition) is 1. The van der Waals surface area contributed by atoms with Crippen LogP contribution < -0.4 is 4.74 Å². The van der Waals surface area contributed by atoms with E-state index in [4.69, 9.17) is 33.0 Å². The molecule has 0 radical (unpaired) electrons. The zero-order valence-electron chi connectivity index (χ0n) is 13.3. The average molecular weight is 366 g/mol. The molecule has 1 N–H and O–H groups in total. The highest BCUT2D eigenvalue weighted by Gasteiger charge is 2.08. The lowest BCUT2D eigenvalue weighted by molar-refractivity contribution is 0.0697. The Labute approximate surface area is 150 Å². The number of rotatable bonds is 6. The van der Waals surface area contributed by atoms with Crippen molar-refractivity contribution >= 4 is 41.1 Å². The number of nitrogens with zero attached hydrogens (tertiary/aromatic N) is 1. The van der Waals surface area contributed by atoms with Gasteiger partial charge in [0.1, 0.15) is 5.75 Å². The van der Waals surface area contributed by atoms with Gasteiger partial charge < -0.3 is 9.84 Å². The molecule has 2 rings (SSSR count). The first kappa shape index (κ1) is 18.3. The molecular formula is C18H17Cl2NO3. The first-order valence-corrected chi connectivity index (χ1v) is 8.19. The molecule has 0 saturated carbocycles. The van der Waals surface area contributed by atoms with Crippen molar-refractivity contribution in [3.63, 3.8) is 0 Å². The summed E-state index contributed by atoms with van der Waals surface area (Å²) in [6, 6.07) is 9.70. The lowest BCUT2D eigenvalue weighted by atomic mass is 10.2. The second-order valence-corrected chi connectivity index (χ2v) is 6.07. The normalized spacial score (nSPS) is 12.3. The summed E-state index contributed by atoms with van der Waals surface area (Å²) in [4.78, 5) is 15.3. The molecule has 0 unspecified atom stereocenters. The van der Waals surface area contributed by atoms with Gasteiger partial charge in [0.15, 0.2) is 0 Å². The van der Waals surface area contributed by atoms with Crippen molar-refractivity contribution in [2.45, 2.75) is 26.4 Å². The van der Waals surface area contributed by atoms with Crippen LogP contribution in [0.4, 0.5) is 5.69 Å². The highest BCUT2D eigenvalue weighted by atomic mass is 35.5. The highest BCUT2D eigenvalue weighted by molar-refractivity contribution is 6.33. The molecule has 0 heterocycles. The van der Waals surface area contributed by atoms with Crippen molar-refractivity contribution in [2.75, 3.05) is 0 Å². The summed E-state index contributed by atoms with van der Waals surface area (Å²) in [6.07, 6.45) is 2.54. The summed E-state index contributed by atoms with van der Waals surface area (Å²) in [5.41, 5.74) is 1.27. The SMILES string of the molecule is CC[C@H](C)Oc1ccc(C=Nc2cc(C(=O)O)ccc2Cl)cc1Cl. The number of carboxylic acids is 1. The molecule has 24 heavy (non-hydrogen) atoms. The maximum absolute atomic E-state index is 11.0. The van der Waals surface area contributed by atoms with Gasteiger partial charge >= 0.3 is 5.97 Å². The minimum Gasteiger partial charge on any atom is -0.489 e. The number of ether oxygens (including phenoxy) is 1. The molecule has 6 heteroatoms. The van der Waals surface area contributed by atoms with Crippen LogP contribution in [0.3, 0.4) is 0 Å². The molecule has 2 aromatic carbocycles. The Balaban J connectivity index is 2.22. The Morgan fingerprint density at radius 1 is 1.25 bits per heavy atom. The van der Waals surface area contributed by atoms with Gasteiger partial charge in [0.2, 0.25) is 0 Å². The van der Waals surface area contributed by atoms with Crippen molar-refractivity contribution in [2.24, 2.45) is 4.99 Å². The second-order valence-electron chi connectivity index (χ2n) is 5.26. The number of aliphatic imine (C=N–C) groups is 1. The topological polar surface area (TPSA) is 58.9 Å². The van der Waals surface area contributed by atoms with Gasteiger partial charge in [0.05, 0.1) is 27.4 Å². The van der Waals surface area contributed by atoms with E-state index in [9.17, 15) is 4.79 Å². The number of hydrogen-bond acceptors (Lipinski definition) is 3. The van der Waals surface area contributed by atoms with Gasteiger partial charge in [-0.1, -0.05) is 30.1 Å². The third-order valence-corrected chi connectivity index (χ3v) is 4.02. The van der Waals surface area contributed by atoms with Gasteiger partial charge in [0, 0.05) is 6.21 Å². The number of halogens is 2. The summed E-state index contributed by atoms with van der Waals surface area (Å²) < 4.78 is 5.71. The molecule has 126 valence electrons. The maximum Gasteiger partial charge on any atom is 0.335 e. The van der Waals surface area contributed by atoms with Crippen LogP contribution in [-0.4, -0.2) is 23.4 Å². The molecule has 4 nitrogen and oxygen atoms in total. The smallest absolute Gasteiger partial charge is 0.335 e. The first-order chi connectivity index (χ1) is 11.4. The Morgan fingerprint density at radius 3 is 2.62 bits per heavy atom. The minimum absolute atomic E-state index is 0.0829. The number of carboxylic acid groups (broad SMARTS) is 1. The van der Waals surface area contributed by atoms with E-state index in [1.54, 1.807) is 18.3 Å². The van der Waals surface area contributed by atoms with Crippen molar-refractivity contribution in [3.05, 3.63) is 57.6 Å². The molecule has 1 atom stereocenters. The van der Waals surface area contributed by atoms with E-state index in [-0.39, 0.29) is 11.7 Å². The highest BCUT2D eigenvalue weighted by Crippen LogP contribution is 2.28. The lowest BCUT2D eigenvalue weighted by Crippen LogP contribution is -2.09. The second kappa shape index (κ2) is 8.18. The summed E-state index contributed by atoms with van der Waals surface area (Å²) in [5.74, 6) is -0.410. The molecule has 0 saturated heterocycles. The Bertz CT molecular complexity index is 775. The monoisotopic (exact) mass is 365 g/mol. The Hall–Kier alpha value is -2.04. The fourth-order valence-corrected chi connectivity index (χ4v) is 2.28. The van der Waals surface area contributed by atoms with Crippen LogP contribution >= 0.6 is 23.2 Å². The molecule has 2 aromatic rings. The fourth-order valence-electron chi connectivity index (χ4n) is 1.88. The van der Waals surface area contributed by atoms with Gasteiger partial charge in [-0.3, -0.25) is 4.99 Å². The molecular weight excluding hydrogens is 349 g/mol. The Morgan fingerprint density at radius 2 is 2.00 bits per heavy atom. The zero-order valence-corrected chi connectivity index (χ0v) is 14.8. The minimum atomic E-state index is -1.03. The van der Waals surface area contributed by atoms with Crippen LogP contribution in [0.25, 0.3) is 0 Å². The summed E-state index contributed by atoms with van der Waals surface area (Å²) >= 11 is 12.3. The molecule has 0 aliphatic heterocycles. The van der Waals surface area contributed by atoms with E-state index in [2.05, 4.69) is 4.99 Å². The summed E-state index contributed by atoms with van der Waals surface area (Å²) in [5, 5.41) is 9.88. The van der Waals surface area contributed by atoms with Crippen LogP contribution in [0.2, 0.25) is 10.0 Å². The Kier molecular flexibility index (Phi) is 6.23. The van der Waals surface area contributed by atoms with Crippen molar-refractivity contribution in [3.8, 4) is 5.75 Å². The standard InChI is InChI=1S/C18H17Cl2NO3/c1-3-11(2)24-17-7-4-12(8-15(17)20)10-21-16-9-13(18(22)23)5-6-14(16)19/h4-11H,3H2,1-2H3,(H,22,23)/t11-/m0/s1. The number of benzene rings is 2. The molecule has 0 aliphatic rings. The lowest BCUT2D eigenvalue weighted by Gasteiger charge is -2.13. The quantitative estimate of drug-likeness (QED) is 0.675. The van der Waals surface area contributed by atoms with E-state index in [1.807, 2.05) is 19.9 Å². The molecule has 0 aromatic heterocycles. The van der Waals surface area contributed by atoms with Gasteiger partial charge in [-0.2, -0.15) is 0 Å². The molecule has 0 spiro atoms. The van der Waals surface area contributed by atoms with E-state index >= 15 is 0 Å². The number of aromatic carboxylic acids is 1. The van der Waals surface area contributed by atoms with Crippen LogP contribution in [0.5, 0.6) is 5.75 Å². The predicted molar refractivity (Wildman–Crippen MR) is 97.5 cm³/mol. The average Bonchev–Trinajstić information content (AvgIpc) is 2.56. The van der Waals surface area contributed by atoms with Gasteiger partial charge in [-0.05, 0) is 55.3 Å². The number of carbonyl (C=O) groups is 1. The zero-order chi connectivity index (χ0) is 17.7. The van der Waals surface area contributed by atoms with Gasteiger partial charge in [-0.15, -0.1) is 0 Å².